The van der Waals surface area contributed by atoms with Gasteiger partial charge in [0, 0.05) is 31.8 Å². The van der Waals surface area contributed by atoms with Crippen molar-refractivity contribution in [2.24, 2.45) is 0 Å². The summed E-state index contributed by atoms with van der Waals surface area (Å²) < 4.78 is 37.4. The Morgan fingerprint density at radius 1 is 1.08 bits per heavy atom. The molecule has 0 amide bonds. The molecule has 6 rings (SSSR count). The molecule has 2 heterocycles. The molecular weight excluding hydrogens is 649 g/mol. The van der Waals surface area contributed by atoms with Gasteiger partial charge in [0.15, 0.2) is 5.82 Å². The SMILES string of the molecule is CCC1=CC(C)(S(=O)(=O)n2ccc3c(C(=O)c4nc5cc(C#N)ccc5n4COCC[Si](C)(C)C)ccc(C)c32)CC(c2ccccc2)=C1. The molecule has 0 spiro atoms. The normalized spacial score (nSPS) is 16.8. The number of benzene rings is 3. The molecule has 0 N–H and O–H groups in total. The number of hydrogen-bond donors (Lipinski definition) is 0. The lowest BCUT2D eigenvalue weighted by atomic mass is 9.86. The van der Waals surface area contributed by atoms with E-state index in [0.717, 1.165) is 28.3 Å². The minimum Gasteiger partial charge on any atom is -0.361 e. The predicted molar refractivity (Wildman–Crippen MR) is 199 cm³/mol. The topological polar surface area (TPSA) is 107 Å². The summed E-state index contributed by atoms with van der Waals surface area (Å²) in [6, 6.07) is 23.4. The van der Waals surface area contributed by atoms with Crippen molar-refractivity contribution >= 4 is 51.4 Å². The summed E-state index contributed by atoms with van der Waals surface area (Å²) in [5, 5.41) is 10.0. The van der Waals surface area contributed by atoms with Crippen LogP contribution in [0.25, 0.3) is 27.5 Å². The molecule has 0 saturated heterocycles. The number of fused-ring (bicyclic) bond motifs is 2. The molecule has 8 nitrogen and oxygen atoms in total. The van der Waals surface area contributed by atoms with Gasteiger partial charge in [-0.15, -0.1) is 0 Å². The third-order valence-electron chi connectivity index (χ3n) is 9.35. The number of ether oxygens (including phenoxy) is 1. The van der Waals surface area contributed by atoms with Crippen molar-refractivity contribution in [3.8, 4) is 6.07 Å². The van der Waals surface area contributed by atoms with Crippen molar-refractivity contribution in [3.63, 3.8) is 0 Å². The van der Waals surface area contributed by atoms with Gasteiger partial charge in [0.25, 0.3) is 0 Å². The lowest BCUT2D eigenvalue weighted by molar-refractivity contribution is 0.0835. The van der Waals surface area contributed by atoms with Gasteiger partial charge in [-0.25, -0.2) is 17.4 Å². The van der Waals surface area contributed by atoms with Crippen molar-refractivity contribution < 1.29 is 17.9 Å². The van der Waals surface area contributed by atoms with E-state index < -0.39 is 22.8 Å². The zero-order valence-electron chi connectivity index (χ0n) is 28.9. The van der Waals surface area contributed by atoms with Crippen molar-refractivity contribution in [1.82, 2.24) is 13.5 Å². The summed E-state index contributed by atoms with van der Waals surface area (Å²) in [6.45, 7) is 13.2. The van der Waals surface area contributed by atoms with E-state index >= 15 is 0 Å². The number of carbonyl (C=O) groups excluding carboxylic acids is 1. The number of aromatic nitrogens is 3. The molecule has 5 aromatic rings. The van der Waals surface area contributed by atoms with E-state index in [1.165, 1.54) is 3.97 Å². The largest absolute Gasteiger partial charge is 0.361 e. The molecule has 1 atom stereocenters. The fourth-order valence-corrected chi connectivity index (χ4v) is 9.07. The standard InChI is InChI=1S/C39H42N4O4SSi/c1-7-28-21-31(30-11-9-8-10-12-30)24-39(3,23-28)48(45,46)43-18-17-32-33(15-13-27(2)36(32)43)37(44)38-41-34-22-29(25-40)14-16-35(34)42(38)26-47-19-20-49(4,5)6/h8-18,21-23H,7,19-20,24,26H2,1-6H3. The molecule has 2 aromatic heterocycles. The number of hydrogen-bond acceptors (Lipinski definition) is 6. The third kappa shape index (κ3) is 6.46. The number of carbonyl (C=O) groups is 1. The van der Waals surface area contributed by atoms with Crippen LogP contribution in [0.5, 0.6) is 0 Å². The lowest BCUT2D eigenvalue weighted by Gasteiger charge is -2.32. The van der Waals surface area contributed by atoms with E-state index in [1.807, 2.05) is 50.3 Å². The fourth-order valence-electron chi connectivity index (χ4n) is 6.52. The maximum Gasteiger partial charge on any atom is 0.248 e. The summed E-state index contributed by atoms with van der Waals surface area (Å²) in [6.07, 6.45) is 6.56. The average molecular weight is 691 g/mol. The minimum absolute atomic E-state index is 0.125. The smallest absolute Gasteiger partial charge is 0.248 e. The quantitative estimate of drug-likeness (QED) is 0.0782. The van der Waals surface area contributed by atoms with Gasteiger partial charge in [0.1, 0.15) is 11.5 Å². The molecule has 0 fully saturated rings. The molecule has 252 valence electrons. The van der Waals surface area contributed by atoms with Gasteiger partial charge in [-0.2, -0.15) is 5.26 Å². The highest BCUT2D eigenvalue weighted by atomic mass is 32.2. The first kappa shape index (κ1) is 34.3. The molecule has 0 bridgehead atoms. The Labute approximate surface area is 289 Å². The number of nitrogens with zero attached hydrogens (tertiary/aromatic N) is 4. The molecule has 1 unspecified atom stereocenters. The van der Waals surface area contributed by atoms with Crippen LogP contribution >= 0.6 is 0 Å². The maximum atomic E-state index is 14.7. The third-order valence-corrected chi connectivity index (χ3v) is 13.3. The van der Waals surface area contributed by atoms with Gasteiger partial charge in [-0.3, -0.25) is 9.36 Å². The van der Waals surface area contributed by atoms with Crippen LogP contribution in [0.1, 0.15) is 59.6 Å². The second kappa shape index (κ2) is 13.0. The van der Waals surface area contributed by atoms with Crippen LogP contribution < -0.4 is 0 Å². The Morgan fingerprint density at radius 3 is 2.53 bits per heavy atom. The second-order valence-corrected chi connectivity index (χ2v) is 22.2. The van der Waals surface area contributed by atoms with Crippen LogP contribution in [0, 0.1) is 18.3 Å². The van der Waals surface area contributed by atoms with Crippen molar-refractivity contribution in [2.45, 2.75) is 70.8 Å². The zero-order valence-corrected chi connectivity index (χ0v) is 30.8. The van der Waals surface area contributed by atoms with E-state index in [0.29, 0.717) is 52.5 Å². The van der Waals surface area contributed by atoms with Gasteiger partial charge >= 0.3 is 0 Å². The van der Waals surface area contributed by atoms with E-state index in [1.54, 1.807) is 54.1 Å². The van der Waals surface area contributed by atoms with Crippen LogP contribution in [0.2, 0.25) is 25.7 Å². The predicted octanol–water partition coefficient (Wildman–Crippen LogP) is 8.47. The van der Waals surface area contributed by atoms with Crippen LogP contribution in [0.15, 0.2) is 90.7 Å². The van der Waals surface area contributed by atoms with Crippen LogP contribution in [0.4, 0.5) is 0 Å². The Kier molecular flexibility index (Phi) is 9.13. The van der Waals surface area contributed by atoms with Crippen molar-refractivity contribution in [3.05, 3.63) is 119 Å². The summed E-state index contributed by atoms with van der Waals surface area (Å²) >= 11 is 0. The van der Waals surface area contributed by atoms with Crippen molar-refractivity contribution in [1.29, 1.82) is 5.26 Å². The fraction of sp³-hybridized carbons (Fsp3) is 0.308. The van der Waals surface area contributed by atoms with Gasteiger partial charge in [0.05, 0.1) is 28.2 Å². The molecule has 1 aliphatic carbocycles. The highest BCUT2D eigenvalue weighted by Crippen LogP contribution is 2.41. The first-order chi connectivity index (χ1) is 23.3. The molecule has 3 aromatic carbocycles. The van der Waals surface area contributed by atoms with E-state index in [2.05, 4.69) is 31.8 Å². The van der Waals surface area contributed by atoms with Crippen LogP contribution in [-0.4, -0.2) is 47.2 Å². The first-order valence-electron chi connectivity index (χ1n) is 16.6. The molecular formula is C39H42N4O4SSi. The molecule has 0 saturated carbocycles. The second-order valence-electron chi connectivity index (χ2n) is 14.3. The van der Waals surface area contributed by atoms with Crippen molar-refractivity contribution in [2.75, 3.05) is 6.61 Å². The first-order valence-corrected chi connectivity index (χ1v) is 21.8. The van der Waals surface area contributed by atoms with Gasteiger partial charge in [-0.05, 0) is 79.8 Å². The maximum absolute atomic E-state index is 14.7. The lowest BCUT2D eigenvalue weighted by Crippen LogP contribution is -2.39. The molecule has 0 radical (unpaired) electrons. The number of ketones is 1. The van der Waals surface area contributed by atoms with E-state index in [9.17, 15) is 18.5 Å². The van der Waals surface area contributed by atoms with E-state index in [-0.39, 0.29) is 18.3 Å². The van der Waals surface area contributed by atoms with Gasteiger partial charge in [0.2, 0.25) is 15.8 Å². The van der Waals surface area contributed by atoms with Gasteiger partial charge < -0.3 is 4.74 Å². The summed E-state index contributed by atoms with van der Waals surface area (Å²) in [5.74, 6) is -0.179. The number of imidazole rings is 1. The monoisotopic (exact) mass is 690 g/mol. The Hall–Kier alpha value is -4.56. The molecule has 49 heavy (non-hydrogen) atoms. The Morgan fingerprint density at radius 2 is 1.84 bits per heavy atom. The number of nitriles is 1. The van der Waals surface area contributed by atoms with Gasteiger partial charge in [-0.1, -0.05) is 80.7 Å². The van der Waals surface area contributed by atoms with E-state index in [4.69, 9.17) is 9.72 Å². The highest BCUT2D eigenvalue weighted by molar-refractivity contribution is 7.91. The molecule has 10 heteroatoms. The molecule has 0 aliphatic heterocycles. The minimum atomic E-state index is -4.00. The number of allylic oxidation sites excluding steroid dienone is 3. The van der Waals surface area contributed by atoms with Crippen LogP contribution in [-0.2, 0) is 21.5 Å². The summed E-state index contributed by atoms with van der Waals surface area (Å²) in [5.41, 5.74) is 6.13. The summed E-state index contributed by atoms with van der Waals surface area (Å²) in [7, 11) is -5.34. The zero-order chi connectivity index (χ0) is 35.1. The summed E-state index contributed by atoms with van der Waals surface area (Å²) in [4.78, 5) is 19.1. The molecule has 1 aliphatic rings. The average Bonchev–Trinajstić information content (AvgIpc) is 3.69. The Balaban J connectivity index is 1.42. The van der Waals surface area contributed by atoms with Crippen LogP contribution in [0.3, 0.4) is 0 Å². The highest BCUT2D eigenvalue weighted by Gasteiger charge is 2.42. The number of aryl methyl sites for hydroxylation is 1. The Bertz CT molecular complexity index is 2300. The number of rotatable bonds is 11.